The van der Waals surface area contributed by atoms with E-state index >= 15 is 0 Å². The summed E-state index contributed by atoms with van der Waals surface area (Å²) in [4.78, 5) is 28.0. The summed E-state index contributed by atoms with van der Waals surface area (Å²) in [5, 5.41) is 40.9. The van der Waals surface area contributed by atoms with Crippen LogP contribution in [0.3, 0.4) is 0 Å². The van der Waals surface area contributed by atoms with Gasteiger partial charge in [-0.25, -0.2) is 0 Å². The summed E-state index contributed by atoms with van der Waals surface area (Å²) < 4.78 is 30.9. The van der Waals surface area contributed by atoms with Crippen LogP contribution in [-0.4, -0.2) is 102 Å². The standard InChI is InChI=1S/C46H59NO11/c1-2-37(58-45(53)17-8-10-23-49)32-57-43-29-47(44(52)16-7-9-22-48)28-42(56-30-33-26-35-12-3-5-14-39(35)41(51)27-33)46(43)34-18-20-38(21-19-34)55-25-11-24-54-31-36-13-4-6-15-40(36)50/h3-6,12-15,18-21,26-27,37,42-43,46,48-51H,2,7-11,16-17,22-25,28-32H2,1H3. The topological polar surface area (TPSA) is 164 Å². The lowest BCUT2D eigenvalue weighted by Crippen LogP contribution is -2.55. The minimum absolute atomic E-state index is 0.00962. The lowest BCUT2D eigenvalue weighted by molar-refractivity contribution is -0.159. The van der Waals surface area contributed by atoms with Crippen LogP contribution in [0.5, 0.6) is 17.2 Å². The summed E-state index contributed by atoms with van der Waals surface area (Å²) in [5.41, 5.74) is 2.44. The fourth-order valence-electron chi connectivity index (χ4n) is 7.15. The molecule has 1 amide bonds. The molecule has 4 aromatic rings. The lowest BCUT2D eigenvalue weighted by Gasteiger charge is -2.44. The molecule has 0 saturated carbocycles. The number of rotatable bonds is 24. The summed E-state index contributed by atoms with van der Waals surface area (Å²) in [6.45, 7) is 4.05. The predicted octanol–water partition coefficient (Wildman–Crippen LogP) is 6.78. The van der Waals surface area contributed by atoms with Gasteiger partial charge in [0.1, 0.15) is 23.4 Å². The minimum Gasteiger partial charge on any atom is -0.508 e. The molecule has 5 rings (SSSR count). The van der Waals surface area contributed by atoms with Gasteiger partial charge < -0.3 is 49.0 Å². The van der Waals surface area contributed by atoms with Gasteiger partial charge in [-0.1, -0.05) is 61.5 Å². The van der Waals surface area contributed by atoms with Crippen LogP contribution >= 0.6 is 0 Å². The molecular formula is C46H59NO11. The summed E-state index contributed by atoms with van der Waals surface area (Å²) in [7, 11) is 0. The molecule has 0 radical (unpaired) electrons. The number of hydrogen-bond acceptors (Lipinski definition) is 11. The maximum absolute atomic E-state index is 13.6. The van der Waals surface area contributed by atoms with E-state index in [0.29, 0.717) is 77.2 Å². The second-order valence-electron chi connectivity index (χ2n) is 14.7. The van der Waals surface area contributed by atoms with Crippen molar-refractivity contribution >= 4 is 22.6 Å². The fourth-order valence-corrected chi connectivity index (χ4v) is 7.15. The number of fused-ring (bicyclic) bond motifs is 1. The van der Waals surface area contributed by atoms with E-state index in [2.05, 4.69) is 0 Å². The van der Waals surface area contributed by atoms with Crippen LogP contribution in [0, 0.1) is 0 Å². The molecule has 1 saturated heterocycles. The Kier molecular flexibility index (Phi) is 18.1. The molecule has 1 aliphatic heterocycles. The molecule has 4 aromatic carbocycles. The van der Waals surface area contributed by atoms with Crippen molar-refractivity contribution in [1.82, 2.24) is 4.90 Å². The van der Waals surface area contributed by atoms with Crippen molar-refractivity contribution in [2.75, 3.05) is 46.1 Å². The van der Waals surface area contributed by atoms with Crippen LogP contribution in [0.25, 0.3) is 10.8 Å². The molecule has 0 aromatic heterocycles. The molecule has 1 fully saturated rings. The zero-order chi connectivity index (χ0) is 41.1. The average molecular weight is 802 g/mol. The molecule has 4 unspecified atom stereocenters. The largest absolute Gasteiger partial charge is 0.508 e. The van der Waals surface area contributed by atoms with Crippen LogP contribution in [-0.2, 0) is 41.8 Å². The quantitative estimate of drug-likeness (QED) is 0.0436. The number of hydrogen-bond donors (Lipinski definition) is 4. The highest BCUT2D eigenvalue weighted by Gasteiger charge is 2.41. The number of likely N-dealkylation sites (tertiary alicyclic amines) is 1. The highest BCUT2D eigenvalue weighted by molar-refractivity contribution is 5.88. The Morgan fingerprint density at radius 2 is 1.47 bits per heavy atom. The maximum atomic E-state index is 13.6. The normalized spacial score (nSPS) is 17.3. The first-order valence-electron chi connectivity index (χ1n) is 20.5. The first-order valence-corrected chi connectivity index (χ1v) is 20.5. The van der Waals surface area contributed by atoms with Gasteiger partial charge in [0.25, 0.3) is 0 Å². The Bertz CT molecular complexity index is 1850. The van der Waals surface area contributed by atoms with Crippen molar-refractivity contribution in [2.24, 2.45) is 0 Å². The smallest absolute Gasteiger partial charge is 0.306 e. The van der Waals surface area contributed by atoms with Crippen molar-refractivity contribution in [2.45, 2.75) is 95.7 Å². The van der Waals surface area contributed by atoms with Crippen molar-refractivity contribution in [3.05, 3.63) is 102 Å². The SMILES string of the molecule is CCC(COC1CN(C(=O)CCCCO)CC(OCc2cc(O)c3ccccc3c2)C1c1ccc(OCCCOCc2ccccc2O)cc1)OC(=O)CCCCO. The molecule has 0 bridgehead atoms. The van der Waals surface area contributed by atoms with Crippen molar-refractivity contribution < 1.29 is 53.7 Å². The molecular weight excluding hydrogens is 743 g/mol. The first-order chi connectivity index (χ1) is 28.3. The molecule has 0 aliphatic carbocycles. The third kappa shape index (κ3) is 13.4. The van der Waals surface area contributed by atoms with E-state index in [-0.39, 0.29) is 68.6 Å². The Hall–Kier alpha value is -4.72. The lowest BCUT2D eigenvalue weighted by atomic mass is 9.84. The van der Waals surface area contributed by atoms with Crippen molar-refractivity contribution in [3.8, 4) is 17.2 Å². The summed E-state index contributed by atoms with van der Waals surface area (Å²) in [5.74, 6) is 0.316. The second kappa shape index (κ2) is 23.6. The number of aromatic hydroxyl groups is 2. The molecule has 12 nitrogen and oxygen atoms in total. The van der Waals surface area contributed by atoms with Crippen LogP contribution in [0.1, 0.15) is 80.9 Å². The van der Waals surface area contributed by atoms with E-state index in [0.717, 1.165) is 27.5 Å². The molecule has 0 spiro atoms. The molecule has 1 heterocycles. The number of esters is 1. The summed E-state index contributed by atoms with van der Waals surface area (Å²) in [6, 6.07) is 26.2. The van der Waals surface area contributed by atoms with Gasteiger partial charge >= 0.3 is 5.97 Å². The monoisotopic (exact) mass is 801 g/mol. The Balaban J connectivity index is 1.33. The van der Waals surface area contributed by atoms with E-state index in [9.17, 15) is 24.9 Å². The number of aliphatic hydroxyl groups excluding tert-OH is 2. The van der Waals surface area contributed by atoms with Crippen LogP contribution in [0.4, 0.5) is 0 Å². The van der Waals surface area contributed by atoms with Gasteiger partial charge in [0.2, 0.25) is 5.91 Å². The second-order valence-corrected chi connectivity index (χ2v) is 14.7. The van der Waals surface area contributed by atoms with Gasteiger partial charge in [0, 0.05) is 62.4 Å². The van der Waals surface area contributed by atoms with Gasteiger partial charge in [0.15, 0.2) is 0 Å². The van der Waals surface area contributed by atoms with Gasteiger partial charge in [-0.15, -0.1) is 0 Å². The zero-order valence-corrected chi connectivity index (χ0v) is 33.5. The third-order valence-corrected chi connectivity index (χ3v) is 10.4. The Labute approximate surface area is 341 Å². The summed E-state index contributed by atoms with van der Waals surface area (Å²) in [6.07, 6.45) is 2.26. The number of aliphatic hydroxyl groups is 2. The number of nitrogens with zero attached hydrogens (tertiary/aromatic N) is 1. The molecule has 4 N–H and O–H groups in total. The summed E-state index contributed by atoms with van der Waals surface area (Å²) >= 11 is 0. The highest BCUT2D eigenvalue weighted by atomic mass is 16.6. The molecule has 1 aliphatic rings. The number of benzene rings is 4. The Morgan fingerprint density at radius 3 is 2.21 bits per heavy atom. The van der Waals surface area contributed by atoms with Gasteiger partial charge in [0.05, 0.1) is 45.2 Å². The number of ether oxygens (including phenoxy) is 5. The van der Waals surface area contributed by atoms with Crippen LogP contribution < -0.4 is 4.74 Å². The predicted molar refractivity (Wildman–Crippen MR) is 220 cm³/mol. The number of piperidine rings is 1. The van der Waals surface area contributed by atoms with Crippen molar-refractivity contribution in [3.63, 3.8) is 0 Å². The number of phenolic OH excluding ortho intramolecular Hbond substituents is 2. The number of para-hydroxylation sites is 1. The number of carbonyl (C=O) groups is 2. The highest BCUT2D eigenvalue weighted by Crippen LogP contribution is 2.36. The zero-order valence-electron chi connectivity index (χ0n) is 33.5. The van der Waals surface area contributed by atoms with E-state index in [1.165, 1.54) is 0 Å². The number of amides is 1. The third-order valence-electron chi connectivity index (χ3n) is 10.4. The van der Waals surface area contributed by atoms with Crippen molar-refractivity contribution in [1.29, 1.82) is 0 Å². The number of phenols is 2. The minimum atomic E-state index is -0.527. The van der Waals surface area contributed by atoms with E-state index < -0.39 is 18.3 Å². The van der Waals surface area contributed by atoms with E-state index in [1.807, 2.05) is 73.7 Å². The molecule has 58 heavy (non-hydrogen) atoms. The van der Waals surface area contributed by atoms with Gasteiger partial charge in [-0.3, -0.25) is 9.59 Å². The first kappa shape index (κ1) is 44.4. The Morgan fingerprint density at radius 1 is 0.759 bits per heavy atom. The van der Waals surface area contributed by atoms with E-state index in [1.54, 1.807) is 23.1 Å². The van der Waals surface area contributed by atoms with Crippen LogP contribution in [0.15, 0.2) is 84.9 Å². The maximum Gasteiger partial charge on any atom is 0.306 e. The fraction of sp³-hybridized carbons (Fsp3) is 0.478. The molecule has 12 heteroatoms. The van der Waals surface area contributed by atoms with Gasteiger partial charge in [-0.2, -0.15) is 0 Å². The number of unbranched alkanes of at least 4 members (excludes halogenated alkanes) is 2. The van der Waals surface area contributed by atoms with Gasteiger partial charge in [-0.05, 0) is 78.9 Å². The number of carbonyl (C=O) groups excluding carboxylic acids is 2. The molecule has 314 valence electrons. The van der Waals surface area contributed by atoms with E-state index in [4.69, 9.17) is 28.8 Å². The average Bonchev–Trinajstić information content (AvgIpc) is 3.23. The molecule has 4 atom stereocenters. The van der Waals surface area contributed by atoms with Crippen LogP contribution in [0.2, 0.25) is 0 Å².